The van der Waals surface area contributed by atoms with Crippen LogP contribution >= 0.6 is 0 Å². The highest BCUT2D eigenvalue weighted by Gasteiger charge is 2.29. The van der Waals surface area contributed by atoms with Gasteiger partial charge in [0.1, 0.15) is 0 Å². The van der Waals surface area contributed by atoms with Crippen LogP contribution in [0, 0.1) is 11.8 Å². The Morgan fingerprint density at radius 1 is 0.528 bits per heavy atom. The van der Waals surface area contributed by atoms with Crippen LogP contribution in [0.3, 0.4) is 0 Å². The van der Waals surface area contributed by atoms with Gasteiger partial charge in [-0.3, -0.25) is 9.59 Å². The van der Waals surface area contributed by atoms with Crippen LogP contribution in [0.5, 0.6) is 0 Å². The van der Waals surface area contributed by atoms with Gasteiger partial charge in [0.2, 0.25) is 0 Å². The van der Waals surface area contributed by atoms with Crippen molar-refractivity contribution in [3.8, 4) is 0 Å². The van der Waals surface area contributed by atoms with Gasteiger partial charge in [-0.25, -0.2) is 0 Å². The highest BCUT2D eigenvalue weighted by atomic mass is 16.2. The summed E-state index contributed by atoms with van der Waals surface area (Å²) in [7, 11) is 0. The fourth-order valence-electron chi connectivity index (χ4n) is 5.77. The lowest BCUT2D eigenvalue weighted by Gasteiger charge is -2.34. The molecule has 0 aromatic heterocycles. The summed E-state index contributed by atoms with van der Waals surface area (Å²) in [6.07, 6.45) is 6.16. The van der Waals surface area contributed by atoms with Crippen molar-refractivity contribution in [2.45, 2.75) is 38.5 Å². The van der Waals surface area contributed by atoms with Gasteiger partial charge in [0, 0.05) is 26.2 Å². The van der Waals surface area contributed by atoms with E-state index in [4.69, 9.17) is 0 Å². The summed E-state index contributed by atoms with van der Waals surface area (Å²) in [6, 6.07) is 28.6. The van der Waals surface area contributed by atoms with Gasteiger partial charge in [-0.15, -0.1) is 0 Å². The second-order valence-electron chi connectivity index (χ2n) is 10.4. The van der Waals surface area contributed by atoms with Gasteiger partial charge in [-0.05, 0) is 73.6 Å². The predicted molar refractivity (Wildman–Crippen MR) is 144 cm³/mol. The number of likely N-dealkylation sites (tertiary alicyclic amines) is 2. The summed E-state index contributed by atoms with van der Waals surface area (Å²) in [5.74, 6) is 1.20. The fraction of sp³-hybridized carbons (Fsp3) is 0.375. The molecule has 3 aromatic carbocycles. The molecular formula is C32H36N2O2. The van der Waals surface area contributed by atoms with Gasteiger partial charge in [-0.1, -0.05) is 72.8 Å². The number of rotatable bonds is 6. The third-order valence-electron chi connectivity index (χ3n) is 7.93. The van der Waals surface area contributed by atoms with E-state index >= 15 is 0 Å². The summed E-state index contributed by atoms with van der Waals surface area (Å²) in [5.41, 5.74) is 3.84. The van der Waals surface area contributed by atoms with E-state index in [0.717, 1.165) is 64.7 Å². The first-order valence-electron chi connectivity index (χ1n) is 13.4. The molecule has 0 bridgehead atoms. The average molecular weight is 481 g/mol. The van der Waals surface area contributed by atoms with Gasteiger partial charge in [0.05, 0.1) is 11.1 Å². The van der Waals surface area contributed by atoms with E-state index in [0.29, 0.717) is 23.0 Å². The normalized spacial score (nSPS) is 17.2. The molecule has 2 heterocycles. The molecule has 2 amide bonds. The Morgan fingerprint density at radius 3 is 1.22 bits per heavy atom. The van der Waals surface area contributed by atoms with E-state index < -0.39 is 0 Å². The van der Waals surface area contributed by atoms with Crippen LogP contribution in [-0.2, 0) is 12.8 Å². The molecular weight excluding hydrogens is 444 g/mol. The summed E-state index contributed by atoms with van der Waals surface area (Å²) in [5, 5.41) is 0. The van der Waals surface area contributed by atoms with Crippen molar-refractivity contribution in [1.82, 2.24) is 9.80 Å². The van der Waals surface area contributed by atoms with Crippen LogP contribution in [0.15, 0.2) is 84.9 Å². The van der Waals surface area contributed by atoms with Crippen molar-refractivity contribution in [3.63, 3.8) is 0 Å². The van der Waals surface area contributed by atoms with Crippen LogP contribution in [-0.4, -0.2) is 47.8 Å². The molecule has 0 saturated carbocycles. The number of nitrogens with zero attached hydrogens (tertiary/aromatic N) is 2. The molecule has 0 atom stereocenters. The lowest BCUT2D eigenvalue weighted by molar-refractivity contribution is 0.0651. The van der Waals surface area contributed by atoms with E-state index in [9.17, 15) is 9.59 Å². The van der Waals surface area contributed by atoms with Crippen LogP contribution < -0.4 is 0 Å². The number of hydrogen-bond donors (Lipinski definition) is 0. The van der Waals surface area contributed by atoms with Crippen LogP contribution in [0.25, 0.3) is 0 Å². The lowest BCUT2D eigenvalue weighted by atomic mass is 9.89. The maximum atomic E-state index is 13.5. The zero-order valence-electron chi connectivity index (χ0n) is 21.0. The molecule has 3 aromatic rings. The number of benzene rings is 3. The zero-order chi connectivity index (χ0) is 24.7. The van der Waals surface area contributed by atoms with Crippen molar-refractivity contribution in [1.29, 1.82) is 0 Å². The maximum absolute atomic E-state index is 13.5. The number of carbonyl (C=O) groups excluding carboxylic acids is 2. The van der Waals surface area contributed by atoms with Gasteiger partial charge >= 0.3 is 0 Å². The van der Waals surface area contributed by atoms with Crippen molar-refractivity contribution >= 4 is 11.8 Å². The van der Waals surface area contributed by atoms with E-state index in [-0.39, 0.29) is 11.8 Å². The average Bonchev–Trinajstić information content (AvgIpc) is 2.94. The Kier molecular flexibility index (Phi) is 7.80. The molecule has 4 nitrogen and oxygen atoms in total. The quantitative estimate of drug-likeness (QED) is 0.442. The predicted octanol–water partition coefficient (Wildman–Crippen LogP) is 5.88. The maximum Gasteiger partial charge on any atom is 0.254 e. The van der Waals surface area contributed by atoms with E-state index in [1.165, 1.54) is 11.1 Å². The first kappa shape index (κ1) is 24.3. The van der Waals surface area contributed by atoms with Gasteiger partial charge in [0.15, 0.2) is 0 Å². The molecule has 2 aliphatic rings. The van der Waals surface area contributed by atoms with Crippen LogP contribution in [0.2, 0.25) is 0 Å². The Labute approximate surface area is 214 Å². The molecule has 4 heteroatoms. The Bertz CT molecular complexity index is 1050. The zero-order valence-corrected chi connectivity index (χ0v) is 21.0. The smallest absolute Gasteiger partial charge is 0.254 e. The van der Waals surface area contributed by atoms with Crippen molar-refractivity contribution in [2.24, 2.45) is 11.8 Å². The van der Waals surface area contributed by atoms with Gasteiger partial charge in [0.25, 0.3) is 11.8 Å². The molecule has 5 rings (SSSR count). The SMILES string of the molecule is O=C(c1ccccc1C(=O)N1CCC(Cc2ccccc2)CC1)N1CCC(Cc2ccccc2)CC1. The number of carbonyl (C=O) groups is 2. The Hall–Kier alpha value is -3.40. The summed E-state index contributed by atoms with van der Waals surface area (Å²) >= 11 is 0. The van der Waals surface area contributed by atoms with Gasteiger partial charge < -0.3 is 9.80 Å². The number of piperidine rings is 2. The van der Waals surface area contributed by atoms with Crippen LogP contribution in [0.4, 0.5) is 0 Å². The lowest BCUT2D eigenvalue weighted by Crippen LogP contribution is -2.42. The standard InChI is InChI=1S/C32H36N2O2/c35-31(33-19-15-27(16-20-33)23-25-9-3-1-4-10-25)29-13-7-8-14-30(29)32(36)34-21-17-28(18-22-34)24-26-11-5-2-6-12-26/h1-14,27-28H,15-24H2. The van der Waals surface area contributed by atoms with Crippen LogP contribution in [0.1, 0.15) is 57.5 Å². The molecule has 0 spiro atoms. The minimum absolute atomic E-state index is 0.00363. The molecule has 0 unspecified atom stereocenters. The molecule has 0 aliphatic carbocycles. The van der Waals surface area contributed by atoms with Gasteiger partial charge in [-0.2, -0.15) is 0 Å². The van der Waals surface area contributed by atoms with Crippen molar-refractivity contribution in [2.75, 3.05) is 26.2 Å². The molecule has 2 saturated heterocycles. The molecule has 186 valence electrons. The molecule has 0 radical (unpaired) electrons. The fourth-order valence-corrected chi connectivity index (χ4v) is 5.77. The highest BCUT2D eigenvalue weighted by Crippen LogP contribution is 2.26. The topological polar surface area (TPSA) is 40.6 Å². The number of amides is 2. The van der Waals surface area contributed by atoms with Crippen molar-refractivity contribution < 1.29 is 9.59 Å². The van der Waals surface area contributed by atoms with E-state index in [1.807, 2.05) is 34.1 Å². The second kappa shape index (κ2) is 11.6. The summed E-state index contributed by atoms with van der Waals surface area (Å²) < 4.78 is 0. The van der Waals surface area contributed by atoms with E-state index in [1.54, 1.807) is 0 Å². The highest BCUT2D eigenvalue weighted by molar-refractivity contribution is 6.07. The molecule has 36 heavy (non-hydrogen) atoms. The monoisotopic (exact) mass is 480 g/mol. The summed E-state index contributed by atoms with van der Waals surface area (Å²) in [4.78, 5) is 30.9. The first-order valence-corrected chi connectivity index (χ1v) is 13.4. The molecule has 2 fully saturated rings. The summed E-state index contributed by atoms with van der Waals surface area (Å²) in [6.45, 7) is 3.01. The minimum atomic E-state index is -0.00363. The second-order valence-corrected chi connectivity index (χ2v) is 10.4. The first-order chi connectivity index (χ1) is 17.7. The molecule has 0 N–H and O–H groups in total. The van der Waals surface area contributed by atoms with E-state index in [2.05, 4.69) is 60.7 Å². The Morgan fingerprint density at radius 2 is 0.861 bits per heavy atom. The minimum Gasteiger partial charge on any atom is -0.339 e. The molecule has 2 aliphatic heterocycles. The van der Waals surface area contributed by atoms with Crippen molar-refractivity contribution in [3.05, 3.63) is 107 Å². The third kappa shape index (κ3) is 5.87. The third-order valence-corrected chi connectivity index (χ3v) is 7.93. The largest absolute Gasteiger partial charge is 0.339 e. The number of hydrogen-bond acceptors (Lipinski definition) is 2. The Balaban J connectivity index is 1.18.